The molecule has 0 atom stereocenters. The molecule has 0 aliphatic heterocycles. The highest BCUT2D eigenvalue weighted by atomic mass is 19.1. The lowest BCUT2D eigenvalue weighted by Gasteiger charge is -2.07. The highest BCUT2D eigenvalue weighted by molar-refractivity contribution is 5.90. The Morgan fingerprint density at radius 2 is 1.91 bits per heavy atom. The largest absolute Gasteiger partial charge is 0.489 e. The van der Waals surface area contributed by atoms with E-state index in [1.807, 2.05) is 0 Å². The smallest absolute Gasteiger partial charge is 0.287 e. The maximum Gasteiger partial charge on any atom is 0.287 e. The number of hydrogen-bond donors (Lipinski definition) is 1. The molecule has 0 bridgehead atoms. The molecule has 3 aromatic rings. The van der Waals surface area contributed by atoms with Gasteiger partial charge in [-0.25, -0.2) is 4.39 Å². The van der Waals surface area contributed by atoms with Crippen molar-refractivity contribution in [3.05, 3.63) is 71.7 Å². The van der Waals surface area contributed by atoms with Crippen LogP contribution in [0.1, 0.15) is 16.1 Å². The number of rotatable bonds is 5. The normalized spacial score (nSPS) is 10.5. The molecule has 0 radical (unpaired) electrons. The van der Waals surface area contributed by atoms with Gasteiger partial charge in [0.1, 0.15) is 23.9 Å². The van der Waals surface area contributed by atoms with Crippen LogP contribution in [0.5, 0.6) is 5.75 Å². The molecule has 0 aliphatic carbocycles. The number of aromatic nitrogens is 1. The van der Waals surface area contributed by atoms with Gasteiger partial charge < -0.3 is 15.0 Å². The molecule has 0 fully saturated rings. The van der Waals surface area contributed by atoms with Gasteiger partial charge in [0.15, 0.2) is 0 Å². The predicted octanol–water partition coefficient (Wildman–Crippen LogP) is 3.16. The average Bonchev–Trinajstić information content (AvgIpc) is 3.05. The van der Waals surface area contributed by atoms with Gasteiger partial charge >= 0.3 is 0 Å². The summed E-state index contributed by atoms with van der Waals surface area (Å²) in [5.74, 6) is -0.380. The maximum atomic E-state index is 13.5. The summed E-state index contributed by atoms with van der Waals surface area (Å²) in [6.45, 7) is 0.141. The molecule has 0 aliphatic rings. The third kappa shape index (κ3) is 3.37. The molecule has 1 heterocycles. The Kier molecular flexibility index (Phi) is 4.05. The molecule has 3 rings (SSSR count). The number of nitrogens with two attached hydrogens (primary N) is 1. The van der Waals surface area contributed by atoms with E-state index >= 15 is 0 Å². The van der Waals surface area contributed by atoms with Crippen molar-refractivity contribution in [3.8, 4) is 17.0 Å². The summed E-state index contributed by atoms with van der Waals surface area (Å²) in [5.41, 5.74) is 6.85. The van der Waals surface area contributed by atoms with Gasteiger partial charge in [-0.2, -0.15) is 0 Å². The number of carbonyl (C=O) groups is 1. The minimum absolute atomic E-state index is 0.000112. The van der Waals surface area contributed by atoms with Gasteiger partial charge in [-0.05, 0) is 30.3 Å². The van der Waals surface area contributed by atoms with Gasteiger partial charge in [0.2, 0.25) is 5.76 Å². The fraction of sp³-hybridized carbons (Fsp3) is 0.0588. The van der Waals surface area contributed by atoms with Crippen molar-refractivity contribution in [2.75, 3.05) is 0 Å². The van der Waals surface area contributed by atoms with Crippen molar-refractivity contribution in [3.63, 3.8) is 0 Å². The van der Waals surface area contributed by atoms with E-state index in [0.717, 1.165) is 5.56 Å². The standard InChI is InChI=1S/C17H13FN2O3/c18-14-4-2-1-3-12(14)10-22-13-7-5-11(6-8-13)15-9-16(17(19)21)23-20-15/h1-9H,10H2,(H2,19,21). The lowest BCUT2D eigenvalue weighted by Crippen LogP contribution is -2.09. The summed E-state index contributed by atoms with van der Waals surface area (Å²) < 4.78 is 23.9. The minimum Gasteiger partial charge on any atom is -0.489 e. The van der Waals surface area contributed by atoms with Crippen LogP contribution in [0.2, 0.25) is 0 Å². The maximum absolute atomic E-state index is 13.5. The van der Waals surface area contributed by atoms with Crippen molar-refractivity contribution < 1.29 is 18.4 Å². The highest BCUT2D eigenvalue weighted by Gasteiger charge is 2.10. The Hall–Kier alpha value is -3.15. The van der Waals surface area contributed by atoms with Gasteiger partial charge in [-0.1, -0.05) is 23.4 Å². The van der Waals surface area contributed by atoms with E-state index < -0.39 is 5.91 Å². The zero-order chi connectivity index (χ0) is 16.2. The summed E-state index contributed by atoms with van der Waals surface area (Å²) in [5, 5.41) is 3.78. The molecule has 5 nitrogen and oxygen atoms in total. The van der Waals surface area contributed by atoms with Crippen LogP contribution < -0.4 is 10.5 Å². The van der Waals surface area contributed by atoms with E-state index in [1.54, 1.807) is 42.5 Å². The van der Waals surface area contributed by atoms with Gasteiger partial charge in [-0.15, -0.1) is 0 Å². The molecule has 2 aromatic carbocycles. The Morgan fingerprint density at radius 3 is 2.57 bits per heavy atom. The van der Waals surface area contributed by atoms with Crippen LogP contribution in [0, 0.1) is 5.82 Å². The molecular formula is C17H13FN2O3. The summed E-state index contributed by atoms with van der Waals surface area (Å²) in [7, 11) is 0. The molecule has 1 amide bonds. The van der Waals surface area contributed by atoms with Gasteiger partial charge in [0, 0.05) is 17.2 Å². The first-order chi connectivity index (χ1) is 11.1. The van der Waals surface area contributed by atoms with Crippen molar-refractivity contribution in [1.82, 2.24) is 5.16 Å². The van der Waals surface area contributed by atoms with Crippen molar-refractivity contribution in [2.24, 2.45) is 5.73 Å². The molecule has 6 heteroatoms. The van der Waals surface area contributed by atoms with Crippen molar-refractivity contribution in [1.29, 1.82) is 0 Å². The lowest BCUT2D eigenvalue weighted by atomic mass is 10.1. The van der Waals surface area contributed by atoms with Crippen LogP contribution in [0.15, 0.2) is 59.1 Å². The molecule has 0 unspecified atom stereocenters. The molecule has 1 aromatic heterocycles. The first kappa shape index (κ1) is 14.8. The third-order valence-electron chi connectivity index (χ3n) is 3.26. The van der Waals surface area contributed by atoms with Crippen molar-refractivity contribution in [2.45, 2.75) is 6.61 Å². The first-order valence-electron chi connectivity index (χ1n) is 6.86. The summed E-state index contributed by atoms with van der Waals surface area (Å²) in [6, 6.07) is 14.9. The monoisotopic (exact) mass is 312 g/mol. The van der Waals surface area contributed by atoms with E-state index in [4.69, 9.17) is 15.0 Å². The summed E-state index contributed by atoms with van der Waals surface area (Å²) >= 11 is 0. The first-order valence-corrected chi connectivity index (χ1v) is 6.86. The third-order valence-corrected chi connectivity index (χ3v) is 3.26. The Morgan fingerprint density at radius 1 is 1.17 bits per heavy atom. The number of nitrogens with zero attached hydrogens (tertiary/aromatic N) is 1. The quantitative estimate of drug-likeness (QED) is 0.785. The molecule has 0 saturated heterocycles. The zero-order valence-corrected chi connectivity index (χ0v) is 12.0. The second-order valence-corrected chi connectivity index (χ2v) is 4.85. The molecule has 0 spiro atoms. The van der Waals surface area contributed by atoms with Crippen LogP contribution in [0.3, 0.4) is 0 Å². The molecule has 0 saturated carbocycles. The van der Waals surface area contributed by atoms with Gasteiger partial charge in [0.05, 0.1) is 0 Å². The molecule has 23 heavy (non-hydrogen) atoms. The number of hydrogen-bond acceptors (Lipinski definition) is 4. The van der Waals surface area contributed by atoms with E-state index in [2.05, 4.69) is 5.16 Å². The van der Waals surface area contributed by atoms with Gasteiger partial charge in [-0.3, -0.25) is 4.79 Å². The Balaban J connectivity index is 1.69. The number of ether oxygens (including phenoxy) is 1. The molecular weight excluding hydrogens is 299 g/mol. The highest BCUT2D eigenvalue weighted by Crippen LogP contribution is 2.23. The van der Waals surface area contributed by atoms with Crippen LogP contribution in [0.4, 0.5) is 4.39 Å². The van der Waals surface area contributed by atoms with E-state index in [0.29, 0.717) is 17.0 Å². The zero-order valence-electron chi connectivity index (χ0n) is 12.0. The van der Waals surface area contributed by atoms with E-state index in [9.17, 15) is 9.18 Å². The van der Waals surface area contributed by atoms with Crippen LogP contribution in [-0.4, -0.2) is 11.1 Å². The van der Waals surface area contributed by atoms with Crippen LogP contribution in [-0.2, 0) is 6.61 Å². The number of carbonyl (C=O) groups excluding carboxylic acids is 1. The summed E-state index contributed by atoms with van der Waals surface area (Å²) in [6.07, 6.45) is 0. The molecule has 116 valence electrons. The van der Waals surface area contributed by atoms with Crippen LogP contribution in [0.25, 0.3) is 11.3 Å². The molecule has 2 N–H and O–H groups in total. The second kappa shape index (κ2) is 6.31. The Labute approximate surface area is 131 Å². The predicted molar refractivity (Wildman–Crippen MR) is 81.2 cm³/mol. The fourth-order valence-corrected chi connectivity index (χ4v) is 2.03. The van der Waals surface area contributed by atoms with E-state index in [-0.39, 0.29) is 18.2 Å². The van der Waals surface area contributed by atoms with Crippen LogP contribution >= 0.6 is 0 Å². The lowest BCUT2D eigenvalue weighted by molar-refractivity contribution is 0.0965. The minimum atomic E-state index is -0.673. The Bertz CT molecular complexity index is 828. The number of primary amides is 1. The van der Waals surface area contributed by atoms with E-state index in [1.165, 1.54) is 12.1 Å². The topological polar surface area (TPSA) is 78.4 Å². The fourth-order valence-electron chi connectivity index (χ4n) is 2.03. The van der Waals surface area contributed by atoms with Gasteiger partial charge in [0.25, 0.3) is 5.91 Å². The summed E-state index contributed by atoms with van der Waals surface area (Å²) in [4.78, 5) is 11.0. The number of halogens is 1. The SMILES string of the molecule is NC(=O)c1cc(-c2ccc(OCc3ccccc3F)cc2)no1. The van der Waals surface area contributed by atoms with Crippen molar-refractivity contribution >= 4 is 5.91 Å². The second-order valence-electron chi connectivity index (χ2n) is 4.85. The number of amides is 1. The average molecular weight is 312 g/mol. The number of benzene rings is 2.